The summed E-state index contributed by atoms with van der Waals surface area (Å²) in [5.74, 6) is 1.10. The van der Waals surface area contributed by atoms with Crippen molar-refractivity contribution in [2.45, 2.75) is 6.92 Å². The van der Waals surface area contributed by atoms with E-state index in [4.69, 9.17) is 5.73 Å². The number of hydrogen-bond donors (Lipinski definition) is 1. The maximum Gasteiger partial charge on any atom is 0.168 e. The van der Waals surface area contributed by atoms with E-state index >= 15 is 0 Å². The number of benzene rings is 1. The molecule has 0 radical (unpaired) electrons. The summed E-state index contributed by atoms with van der Waals surface area (Å²) in [6.45, 7) is 1.81. The van der Waals surface area contributed by atoms with Crippen LogP contribution in [0.5, 0.6) is 0 Å². The first-order chi connectivity index (χ1) is 8.65. The van der Waals surface area contributed by atoms with Crippen molar-refractivity contribution in [3.8, 4) is 5.69 Å². The van der Waals surface area contributed by atoms with E-state index in [1.54, 1.807) is 10.9 Å². The Kier molecular flexibility index (Phi) is 2.52. The minimum absolute atomic E-state index is 0.459. The first-order valence-corrected chi connectivity index (χ1v) is 6.18. The molecule has 90 valence electrons. The van der Waals surface area contributed by atoms with Gasteiger partial charge in [-0.15, -0.1) is 0 Å². The smallest absolute Gasteiger partial charge is 0.168 e. The molecule has 0 amide bonds. The fraction of sp³-hybridized carbons (Fsp3) is 0.0833. The third-order valence-corrected chi connectivity index (χ3v) is 3.17. The van der Waals surface area contributed by atoms with Crippen molar-refractivity contribution in [1.29, 1.82) is 0 Å². The van der Waals surface area contributed by atoms with Gasteiger partial charge in [0, 0.05) is 4.47 Å². The molecule has 0 unspecified atom stereocenters. The third-order valence-electron chi connectivity index (χ3n) is 2.64. The fourth-order valence-corrected chi connectivity index (χ4v) is 2.08. The molecular formula is C12H10BrN5. The highest BCUT2D eigenvalue weighted by Gasteiger charge is 2.10. The normalized spacial score (nSPS) is 11.0. The summed E-state index contributed by atoms with van der Waals surface area (Å²) >= 11 is 3.41. The first-order valence-electron chi connectivity index (χ1n) is 5.39. The number of nitrogens with two attached hydrogens (primary N) is 1. The minimum atomic E-state index is 0.459. The summed E-state index contributed by atoms with van der Waals surface area (Å²) in [4.78, 5) is 8.52. The number of hydrogen-bond acceptors (Lipinski definition) is 4. The maximum absolute atomic E-state index is 5.86. The second kappa shape index (κ2) is 4.06. The van der Waals surface area contributed by atoms with Gasteiger partial charge < -0.3 is 5.73 Å². The van der Waals surface area contributed by atoms with Gasteiger partial charge in [-0.2, -0.15) is 5.10 Å². The number of aryl methyl sites for hydroxylation is 1. The van der Waals surface area contributed by atoms with Gasteiger partial charge >= 0.3 is 0 Å². The van der Waals surface area contributed by atoms with Crippen LogP contribution in [0.4, 0.5) is 5.82 Å². The SMILES string of the molecule is Cc1nc(N)c2cnn(-c3ccc(Br)cc3)c2n1. The summed E-state index contributed by atoms with van der Waals surface area (Å²) < 4.78 is 2.78. The van der Waals surface area contributed by atoms with Crippen LogP contribution in [0, 0.1) is 6.92 Å². The predicted octanol–water partition coefficient (Wildman–Crippen LogP) is 2.47. The molecule has 0 fully saturated rings. The molecule has 3 rings (SSSR count). The van der Waals surface area contributed by atoms with Gasteiger partial charge in [0.2, 0.25) is 0 Å². The highest BCUT2D eigenvalue weighted by atomic mass is 79.9. The lowest BCUT2D eigenvalue weighted by atomic mass is 10.3. The number of fused-ring (bicyclic) bond motifs is 1. The largest absolute Gasteiger partial charge is 0.383 e. The molecule has 0 aliphatic heterocycles. The van der Waals surface area contributed by atoms with Crippen LogP contribution in [-0.2, 0) is 0 Å². The summed E-state index contributed by atoms with van der Waals surface area (Å²) in [5, 5.41) is 5.08. The third kappa shape index (κ3) is 1.74. The zero-order chi connectivity index (χ0) is 12.7. The molecule has 0 aliphatic rings. The number of aromatic nitrogens is 4. The van der Waals surface area contributed by atoms with E-state index in [1.165, 1.54) is 0 Å². The van der Waals surface area contributed by atoms with Crippen molar-refractivity contribution in [3.05, 3.63) is 40.8 Å². The van der Waals surface area contributed by atoms with E-state index in [2.05, 4.69) is 31.0 Å². The molecule has 18 heavy (non-hydrogen) atoms. The standard InChI is InChI=1S/C12H10BrN5/c1-7-16-11(14)10-6-15-18(12(10)17-7)9-4-2-8(13)3-5-9/h2-6H,1H3,(H2,14,16,17). The van der Waals surface area contributed by atoms with Crippen LogP contribution in [0.3, 0.4) is 0 Å². The molecule has 2 N–H and O–H groups in total. The van der Waals surface area contributed by atoms with Gasteiger partial charge in [0.15, 0.2) is 5.65 Å². The number of halogens is 1. The molecule has 3 aromatic rings. The van der Waals surface area contributed by atoms with Gasteiger partial charge in [-0.3, -0.25) is 0 Å². The van der Waals surface area contributed by atoms with Crippen molar-refractivity contribution in [2.24, 2.45) is 0 Å². The van der Waals surface area contributed by atoms with Crippen molar-refractivity contribution in [1.82, 2.24) is 19.7 Å². The van der Waals surface area contributed by atoms with Crippen LogP contribution in [0.2, 0.25) is 0 Å². The monoisotopic (exact) mass is 303 g/mol. The first kappa shape index (κ1) is 11.2. The average molecular weight is 304 g/mol. The lowest BCUT2D eigenvalue weighted by molar-refractivity contribution is 0.889. The minimum Gasteiger partial charge on any atom is -0.383 e. The molecule has 0 atom stereocenters. The van der Waals surface area contributed by atoms with Crippen molar-refractivity contribution < 1.29 is 0 Å². The van der Waals surface area contributed by atoms with E-state index in [0.717, 1.165) is 21.2 Å². The van der Waals surface area contributed by atoms with Gasteiger partial charge in [-0.1, -0.05) is 15.9 Å². The van der Waals surface area contributed by atoms with Gasteiger partial charge in [0.1, 0.15) is 11.6 Å². The highest BCUT2D eigenvalue weighted by molar-refractivity contribution is 9.10. The number of rotatable bonds is 1. The summed E-state index contributed by atoms with van der Waals surface area (Å²) in [6, 6.07) is 7.84. The zero-order valence-corrected chi connectivity index (χ0v) is 11.2. The highest BCUT2D eigenvalue weighted by Crippen LogP contribution is 2.21. The Labute approximate surface area is 112 Å². The van der Waals surface area contributed by atoms with Gasteiger partial charge in [-0.05, 0) is 31.2 Å². The molecule has 5 nitrogen and oxygen atoms in total. The van der Waals surface area contributed by atoms with Gasteiger partial charge in [-0.25, -0.2) is 14.6 Å². The van der Waals surface area contributed by atoms with E-state index < -0.39 is 0 Å². The lowest BCUT2D eigenvalue weighted by Crippen LogP contribution is -2.01. The average Bonchev–Trinajstić information content (AvgIpc) is 2.74. The summed E-state index contributed by atoms with van der Waals surface area (Å²) in [7, 11) is 0. The molecule has 0 saturated carbocycles. The second-order valence-electron chi connectivity index (χ2n) is 3.93. The Balaban J connectivity index is 2.27. The summed E-state index contributed by atoms with van der Waals surface area (Å²) in [5.41, 5.74) is 7.52. The van der Waals surface area contributed by atoms with Gasteiger partial charge in [0.25, 0.3) is 0 Å². The molecular weight excluding hydrogens is 294 g/mol. The number of nitrogen functional groups attached to an aromatic ring is 1. The molecule has 0 spiro atoms. The van der Waals surface area contributed by atoms with Gasteiger partial charge in [0.05, 0.1) is 17.3 Å². The Hall–Kier alpha value is -1.95. The molecule has 2 heterocycles. The number of nitrogens with zero attached hydrogens (tertiary/aromatic N) is 4. The van der Waals surface area contributed by atoms with Crippen LogP contribution in [0.15, 0.2) is 34.9 Å². The maximum atomic E-state index is 5.86. The van der Waals surface area contributed by atoms with Crippen molar-refractivity contribution >= 4 is 32.8 Å². The number of anilines is 1. The molecule has 6 heteroatoms. The Bertz CT molecular complexity index is 717. The van der Waals surface area contributed by atoms with Crippen molar-refractivity contribution in [3.63, 3.8) is 0 Å². The second-order valence-corrected chi connectivity index (χ2v) is 4.84. The van der Waals surface area contributed by atoms with E-state index in [1.807, 2.05) is 31.2 Å². The molecule has 0 bridgehead atoms. The Morgan fingerprint density at radius 3 is 2.61 bits per heavy atom. The van der Waals surface area contributed by atoms with Crippen LogP contribution in [0.1, 0.15) is 5.82 Å². The Morgan fingerprint density at radius 1 is 1.17 bits per heavy atom. The Morgan fingerprint density at radius 2 is 1.89 bits per heavy atom. The van der Waals surface area contributed by atoms with E-state index in [9.17, 15) is 0 Å². The van der Waals surface area contributed by atoms with Crippen LogP contribution in [0.25, 0.3) is 16.7 Å². The molecule has 2 aromatic heterocycles. The van der Waals surface area contributed by atoms with Crippen LogP contribution < -0.4 is 5.73 Å². The van der Waals surface area contributed by atoms with E-state index in [0.29, 0.717) is 11.6 Å². The zero-order valence-electron chi connectivity index (χ0n) is 9.63. The van der Waals surface area contributed by atoms with E-state index in [-0.39, 0.29) is 0 Å². The van der Waals surface area contributed by atoms with Crippen LogP contribution >= 0.6 is 15.9 Å². The van der Waals surface area contributed by atoms with Crippen molar-refractivity contribution in [2.75, 3.05) is 5.73 Å². The molecule has 0 saturated heterocycles. The fourth-order valence-electron chi connectivity index (χ4n) is 1.81. The quantitative estimate of drug-likeness (QED) is 0.750. The summed E-state index contributed by atoms with van der Waals surface area (Å²) in [6.07, 6.45) is 1.69. The lowest BCUT2D eigenvalue weighted by Gasteiger charge is -2.04. The molecule has 1 aromatic carbocycles. The molecule has 0 aliphatic carbocycles. The van der Waals surface area contributed by atoms with Crippen LogP contribution in [-0.4, -0.2) is 19.7 Å². The predicted molar refractivity (Wildman–Crippen MR) is 73.5 cm³/mol. The topological polar surface area (TPSA) is 69.6 Å².